The lowest BCUT2D eigenvalue weighted by atomic mass is 9.99. The average Bonchev–Trinajstić information content (AvgIpc) is 3.04. The number of amides is 1. The van der Waals surface area contributed by atoms with Crippen LogP contribution in [-0.2, 0) is 27.4 Å². The van der Waals surface area contributed by atoms with Crippen molar-refractivity contribution in [2.24, 2.45) is 0 Å². The molecule has 1 amide bonds. The Balaban J connectivity index is 1.49. The van der Waals surface area contributed by atoms with E-state index in [0.29, 0.717) is 19.3 Å². The minimum atomic E-state index is 0.201. The Hall–Kier alpha value is -1.44. The highest BCUT2D eigenvalue weighted by atomic mass is 16.5. The number of likely N-dealkylation sites (tertiary alicyclic amines) is 2. The summed E-state index contributed by atoms with van der Waals surface area (Å²) >= 11 is 0. The number of rotatable bonds is 7. The van der Waals surface area contributed by atoms with E-state index in [4.69, 9.17) is 9.47 Å². The third-order valence-electron chi connectivity index (χ3n) is 5.94. The molecule has 0 bridgehead atoms. The number of hydrogen-bond acceptors (Lipinski definition) is 5. The molecule has 1 aromatic heterocycles. The van der Waals surface area contributed by atoms with Crippen molar-refractivity contribution in [3.63, 3.8) is 0 Å². The summed E-state index contributed by atoms with van der Waals surface area (Å²) < 4.78 is 13.6. The smallest absolute Gasteiger partial charge is 0.219 e. The molecule has 0 radical (unpaired) electrons. The zero-order valence-corrected chi connectivity index (χ0v) is 17.0. The van der Waals surface area contributed by atoms with E-state index in [0.717, 1.165) is 63.5 Å². The molecule has 1 unspecified atom stereocenters. The van der Waals surface area contributed by atoms with E-state index in [1.165, 1.54) is 6.42 Å². The number of ether oxygens (including phenoxy) is 2. The third kappa shape index (κ3) is 5.30. The van der Waals surface area contributed by atoms with Crippen LogP contribution in [0.5, 0.6) is 0 Å². The fourth-order valence-electron chi connectivity index (χ4n) is 4.29. The summed E-state index contributed by atoms with van der Waals surface area (Å²) in [6.45, 7) is 9.70. The molecule has 0 aliphatic carbocycles. The average molecular weight is 379 g/mol. The Morgan fingerprint density at radius 3 is 2.74 bits per heavy atom. The molecule has 27 heavy (non-hydrogen) atoms. The number of nitrogens with zero attached hydrogens (tertiary/aromatic N) is 4. The van der Waals surface area contributed by atoms with Gasteiger partial charge in [-0.05, 0) is 39.2 Å². The first-order valence-electron chi connectivity index (χ1n) is 10.2. The van der Waals surface area contributed by atoms with E-state index in [-0.39, 0.29) is 12.0 Å². The molecule has 2 aliphatic heterocycles. The van der Waals surface area contributed by atoms with E-state index in [9.17, 15) is 4.79 Å². The quantitative estimate of drug-likeness (QED) is 0.724. The Bertz CT molecular complexity index is 610. The van der Waals surface area contributed by atoms with E-state index in [1.54, 1.807) is 14.0 Å². The van der Waals surface area contributed by atoms with Crippen molar-refractivity contribution in [2.45, 2.75) is 64.8 Å². The Morgan fingerprint density at radius 1 is 1.26 bits per heavy atom. The molecular formula is C20H34N4O3. The summed E-state index contributed by atoms with van der Waals surface area (Å²) in [7, 11) is 1.72. The first-order valence-corrected chi connectivity index (χ1v) is 10.2. The van der Waals surface area contributed by atoms with Crippen molar-refractivity contribution in [2.75, 3.05) is 39.9 Å². The van der Waals surface area contributed by atoms with Crippen LogP contribution < -0.4 is 0 Å². The summed E-state index contributed by atoms with van der Waals surface area (Å²) in [5.41, 5.74) is 1.15. The van der Waals surface area contributed by atoms with Gasteiger partial charge in [0.15, 0.2) is 0 Å². The summed E-state index contributed by atoms with van der Waals surface area (Å²) in [5, 5.41) is 0. The zero-order valence-electron chi connectivity index (χ0n) is 17.0. The van der Waals surface area contributed by atoms with Gasteiger partial charge in [0.2, 0.25) is 5.91 Å². The molecule has 3 heterocycles. The molecule has 7 heteroatoms. The van der Waals surface area contributed by atoms with Crippen LogP contribution in [0.4, 0.5) is 0 Å². The van der Waals surface area contributed by atoms with Crippen molar-refractivity contribution in [1.82, 2.24) is 19.4 Å². The first-order chi connectivity index (χ1) is 13.1. The van der Waals surface area contributed by atoms with Crippen molar-refractivity contribution in [1.29, 1.82) is 0 Å². The maximum absolute atomic E-state index is 11.5. The lowest BCUT2D eigenvalue weighted by molar-refractivity contribution is -0.130. The van der Waals surface area contributed by atoms with E-state index in [1.807, 2.05) is 11.1 Å². The Labute approximate surface area is 162 Å². The minimum Gasteiger partial charge on any atom is -0.383 e. The van der Waals surface area contributed by atoms with Crippen LogP contribution in [0, 0.1) is 6.92 Å². The fourth-order valence-corrected chi connectivity index (χ4v) is 4.29. The first kappa shape index (κ1) is 20.3. The lowest BCUT2D eigenvalue weighted by Crippen LogP contribution is -2.50. The standard InChI is InChI=1S/C20H34N4O3/c1-16-13-21-20(24(16)11-12-26-3)15-27-19-5-4-8-23(14-19)18-6-9-22(10-7-18)17(2)25/h13,18-19H,4-12,14-15H2,1-3H3. The van der Waals surface area contributed by atoms with Gasteiger partial charge in [-0.2, -0.15) is 0 Å². The van der Waals surface area contributed by atoms with Gasteiger partial charge in [0.05, 0.1) is 12.7 Å². The molecule has 1 aromatic rings. The minimum absolute atomic E-state index is 0.201. The molecule has 152 valence electrons. The van der Waals surface area contributed by atoms with Crippen LogP contribution in [-0.4, -0.2) is 77.3 Å². The molecule has 0 saturated carbocycles. The zero-order chi connectivity index (χ0) is 19.2. The molecule has 2 fully saturated rings. The Kier molecular flexibility index (Phi) is 7.26. The Morgan fingerprint density at radius 2 is 2.04 bits per heavy atom. The third-order valence-corrected chi connectivity index (χ3v) is 5.94. The summed E-state index contributed by atoms with van der Waals surface area (Å²) in [6.07, 6.45) is 6.61. The molecule has 1 atom stereocenters. The van der Waals surface area contributed by atoms with Crippen molar-refractivity contribution < 1.29 is 14.3 Å². The van der Waals surface area contributed by atoms with Crippen LogP contribution in [0.15, 0.2) is 6.20 Å². The normalized spacial score (nSPS) is 22.3. The maximum atomic E-state index is 11.5. The molecule has 0 N–H and O–H groups in total. The molecule has 0 spiro atoms. The SMILES string of the molecule is COCCn1c(C)cnc1COC1CCCN(C2CCN(C(C)=O)CC2)C1. The van der Waals surface area contributed by atoms with Crippen molar-refractivity contribution >= 4 is 5.91 Å². The predicted molar refractivity (Wildman–Crippen MR) is 104 cm³/mol. The molecule has 3 rings (SSSR count). The second kappa shape index (κ2) is 9.66. The molecule has 2 aliphatic rings. The van der Waals surface area contributed by atoms with E-state index >= 15 is 0 Å². The van der Waals surface area contributed by atoms with Gasteiger partial charge >= 0.3 is 0 Å². The van der Waals surface area contributed by atoms with Crippen molar-refractivity contribution in [3.8, 4) is 0 Å². The molecule has 7 nitrogen and oxygen atoms in total. The van der Waals surface area contributed by atoms with Gasteiger partial charge in [-0.15, -0.1) is 0 Å². The topological polar surface area (TPSA) is 59.8 Å². The number of carbonyl (C=O) groups is 1. The van der Waals surface area contributed by atoms with Gasteiger partial charge in [0.1, 0.15) is 12.4 Å². The van der Waals surface area contributed by atoms with Gasteiger partial charge in [-0.3, -0.25) is 9.69 Å². The number of piperidine rings is 2. The predicted octanol–water partition coefficient (Wildman–Crippen LogP) is 1.83. The number of aromatic nitrogens is 2. The van der Waals surface area contributed by atoms with Gasteiger partial charge in [0.25, 0.3) is 0 Å². The fraction of sp³-hybridized carbons (Fsp3) is 0.800. The highest BCUT2D eigenvalue weighted by Crippen LogP contribution is 2.23. The summed E-state index contributed by atoms with van der Waals surface area (Å²) in [4.78, 5) is 20.6. The largest absolute Gasteiger partial charge is 0.383 e. The van der Waals surface area contributed by atoms with Crippen molar-refractivity contribution in [3.05, 3.63) is 17.7 Å². The van der Waals surface area contributed by atoms with Gasteiger partial charge in [-0.25, -0.2) is 4.98 Å². The number of carbonyl (C=O) groups excluding carboxylic acids is 1. The maximum Gasteiger partial charge on any atom is 0.219 e. The highest BCUT2D eigenvalue weighted by Gasteiger charge is 2.30. The van der Waals surface area contributed by atoms with Crippen LogP contribution in [0.1, 0.15) is 44.1 Å². The van der Waals surface area contributed by atoms with Crippen LogP contribution in [0.25, 0.3) is 0 Å². The lowest BCUT2D eigenvalue weighted by Gasteiger charge is -2.42. The van der Waals surface area contributed by atoms with E-state index in [2.05, 4.69) is 21.4 Å². The number of imidazole rings is 1. The molecule has 0 aromatic carbocycles. The van der Waals surface area contributed by atoms with Gasteiger partial charge in [0, 0.05) is 58.1 Å². The monoisotopic (exact) mass is 378 g/mol. The molecular weight excluding hydrogens is 344 g/mol. The molecule has 2 saturated heterocycles. The number of methoxy groups -OCH3 is 1. The van der Waals surface area contributed by atoms with Gasteiger partial charge in [-0.1, -0.05) is 0 Å². The second-order valence-corrected chi connectivity index (χ2v) is 7.77. The summed E-state index contributed by atoms with van der Waals surface area (Å²) in [5.74, 6) is 1.18. The highest BCUT2D eigenvalue weighted by molar-refractivity contribution is 5.73. The van der Waals surface area contributed by atoms with E-state index < -0.39 is 0 Å². The van der Waals surface area contributed by atoms with Crippen LogP contribution in [0.2, 0.25) is 0 Å². The second-order valence-electron chi connectivity index (χ2n) is 7.77. The van der Waals surface area contributed by atoms with Crippen LogP contribution >= 0.6 is 0 Å². The van der Waals surface area contributed by atoms with Gasteiger partial charge < -0.3 is 18.9 Å². The van der Waals surface area contributed by atoms with Crippen LogP contribution in [0.3, 0.4) is 0 Å². The number of aryl methyl sites for hydroxylation is 1. The summed E-state index contributed by atoms with van der Waals surface area (Å²) in [6, 6.07) is 0.581. The number of hydrogen-bond donors (Lipinski definition) is 0.